The van der Waals surface area contributed by atoms with Gasteiger partial charge < -0.3 is 4.90 Å². The number of rotatable bonds is 4. The Balaban J connectivity index is 1.74. The number of nitrogens with zero attached hydrogens (tertiary/aromatic N) is 2. The third kappa shape index (κ3) is 3.59. The van der Waals surface area contributed by atoms with Gasteiger partial charge in [-0.15, -0.1) is 0 Å². The summed E-state index contributed by atoms with van der Waals surface area (Å²) in [5.41, 5.74) is -3.67. The number of nitrogens with one attached hydrogen (secondary N) is 1. The van der Waals surface area contributed by atoms with Crippen LogP contribution in [0.1, 0.15) is 27.0 Å². The summed E-state index contributed by atoms with van der Waals surface area (Å²) in [5, 5.41) is 9.12. The molecule has 0 saturated heterocycles. The van der Waals surface area contributed by atoms with E-state index in [1.807, 2.05) is 6.07 Å². The van der Waals surface area contributed by atoms with Crippen LogP contribution in [-0.4, -0.2) is 24.7 Å². The highest BCUT2D eigenvalue weighted by molar-refractivity contribution is 7.93. The Morgan fingerprint density at radius 2 is 1.81 bits per heavy atom. The summed E-state index contributed by atoms with van der Waals surface area (Å²) in [4.78, 5) is 14.0. The summed E-state index contributed by atoms with van der Waals surface area (Å²) in [5.74, 6) is -0.302. The highest BCUT2D eigenvalue weighted by Gasteiger charge is 2.46. The molecule has 2 aromatic rings. The van der Waals surface area contributed by atoms with Crippen molar-refractivity contribution in [1.82, 2.24) is 4.90 Å². The first-order valence-electron chi connectivity index (χ1n) is 7.61. The van der Waals surface area contributed by atoms with E-state index in [1.165, 1.54) is 33.9 Å². The minimum atomic E-state index is -5.48. The lowest BCUT2D eigenvalue weighted by Crippen LogP contribution is -2.29. The van der Waals surface area contributed by atoms with Crippen LogP contribution < -0.4 is 4.72 Å². The minimum absolute atomic E-state index is 0.171. The summed E-state index contributed by atoms with van der Waals surface area (Å²) < 4.78 is 60.8. The van der Waals surface area contributed by atoms with Gasteiger partial charge in [0.1, 0.15) is 0 Å². The van der Waals surface area contributed by atoms with Gasteiger partial charge in [0.2, 0.25) is 0 Å². The molecule has 1 amide bonds. The standard InChI is InChI=1S/C17H12F3N3O3S/c18-17(19,20)27(25,26)22-14-6-4-11(5-7-14)9-23-10-13-3-1-2-12(8-21)15(13)16(23)24/h1-7,22H,9-10H2. The molecule has 0 aromatic heterocycles. The fraction of sp³-hybridized carbons (Fsp3) is 0.176. The van der Waals surface area contributed by atoms with Crippen molar-refractivity contribution in [2.24, 2.45) is 0 Å². The number of halogens is 3. The molecule has 10 heteroatoms. The number of hydrogen-bond donors (Lipinski definition) is 1. The number of nitriles is 1. The molecule has 0 spiro atoms. The highest BCUT2D eigenvalue weighted by Crippen LogP contribution is 2.28. The number of amides is 1. The van der Waals surface area contributed by atoms with Crippen LogP contribution in [0.2, 0.25) is 0 Å². The van der Waals surface area contributed by atoms with E-state index in [-0.39, 0.29) is 23.7 Å². The maximum Gasteiger partial charge on any atom is 0.516 e. The zero-order valence-electron chi connectivity index (χ0n) is 13.6. The first-order chi connectivity index (χ1) is 12.6. The number of sulfonamides is 1. The van der Waals surface area contributed by atoms with E-state index in [9.17, 15) is 26.4 Å². The molecule has 0 atom stereocenters. The number of benzene rings is 2. The summed E-state index contributed by atoms with van der Waals surface area (Å²) in [6.07, 6.45) is 0. The molecule has 0 radical (unpaired) electrons. The van der Waals surface area contributed by atoms with Gasteiger partial charge in [-0.3, -0.25) is 9.52 Å². The minimum Gasteiger partial charge on any atom is -0.330 e. The topological polar surface area (TPSA) is 90.3 Å². The van der Waals surface area contributed by atoms with Crippen molar-refractivity contribution in [3.05, 3.63) is 64.7 Å². The number of carbonyl (C=O) groups is 1. The van der Waals surface area contributed by atoms with Gasteiger partial charge in [0, 0.05) is 18.8 Å². The van der Waals surface area contributed by atoms with Crippen LogP contribution in [0, 0.1) is 11.3 Å². The molecule has 1 aliphatic heterocycles. The Morgan fingerprint density at radius 3 is 2.41 bits per heavy atom. The molecule has 2 aromatic carbocycles. The van der Waals surface area contributed by atoms with Crippen molar-refractivity contribution >= 4 is 21.6 Å². The average molecular weight is 395 g/mol. The normalized spacial score (nSPS) is 14.0. The summed E-state index contributed by atoms with van der Waals surface area (Å²) in [7, 11) is -5.48. The number of alkyl halides is 3. The van der Waals surface area contributed by atoms with Crippen LogP contribution in [0.15, 0.2) is 42.5 Å². The molecule has 0 bridgehead atoms. The molecule has 6 nitrogen and oxygen atoms in total. The van der Waals surface area contributed by atoms with Gasteiger partial charge in [-0.25, -0.2) is 0 Å². The molecular weight excluding hydrogens is 383 g/mol. The van der Waals surface area contributed by atoms with E-state index in [1.54, 1.807) is 18.2 Å². The van der Waals surface area contributed by atoms with Crippen molar-refractivity contribution in [2.45, 2.75) is 18.6 Å². The maximum atomic E-state index is 12.5. The number of fused-ring (bicyclic) bond motifs is 1. The van der Waals surface area contributed by atoms with Crippen LogP contribution in [0.5, 0.6) is 0 Å². The van der Waals surface area contributed by atoms with Crippen LogP contribution in [0.4, 0.5) is 18.9 Å². The lowest BCUT2D eigenvalue weighted by molar-refractivity contribution is -0.0429. The van der Waals surface area contributed by atoms with Gasteiger partial charge in [0.05, 0.1) is 17.2 Å². The molecule has 1 N–H and O–H groups in total. The summed E-state index contributed by atoms with van der Waals surface area (Å²) >= 11 is 0. The second-order valence-corrected chi connectivity index (χ2v) is 7.53. The molecule has 1 heterocycles. The first kappa shape index (κ1) is 18.7. The highest BCUT2D eigenvalue weighted by atomic mass is 32.2. The molecule has 0 unspecified atom stereocenters. The number of anilines is 1. The Kier molecular flexibility index (Phi) is 4.57. The van der Waals surface area contributed by atoms with Gasteiger partial charge >= 0.3 is 15.5 Å². The molecule has 1 aliphatic rings. The SMILES string of the molecule is N#Cc1cccc2c1C(=O)N(Cc1ccc(NS(=O)(=O)C(F)(F)F)cc1)C2. The van der Waals surface area contributed by atoms with E-state index < -0.39 is 15.5 Å². The quantitative estimate of drug-likeness (QED) is 0.862. The van der Waals surface area contributed by atoms with Gasteiger partial charge in [-0.1, -0.05) is 24.3 Å². The number of hydrogen-bond acceptors (Lipinski definition) is 4. The van der Waals surface area contributed by atoms with Crippen molar-refractivity contribution in [1.29, 1.82) is 5.26 Å². The second-order valence-electron chi connectivity index (χ2n) is 5.86. The fourth-order valence-corrected chi connectivity index (χ4v) is 3.31. The molecule has 0 saturated carbocycles. The monoisotopic (exact) mass is 395 g/mol. The Morgan fingerprint density at radius 1 is 1.15 bits per heavy atom. The van der Waals surface area contributed by atoms with Crippen LogP contribution in [-0.2, 0) is 23.1 Å². The Hall–Kier alpha value is -3.06. The summed E-state index contributed by atoms with van der Waals surface area (Å²) in [6.45, 7) is 0.483. The Labute approximate surface area is 152 Å². The average Bonchev–Trinajstić information content (AvgIpc) is 2.91. The molecule has 27 heavy (non-hydrogen) atoms. The third-order valence-electron chi connectivity index (χ3n) is 4.02. The van der Waals surface area contributed by atoms with Crippen molar-refractivity contribution < 1.29 is 26.4 Å². The van der Waals surface area contributed by atoms with Gasteiger partial charge in [-0.05, 0) is 29.3 Å². The molecular formula is C17H12F3N3O3S. The largest absolute Gasteiger partial charge is 0.516 e. The van der Waals surface area contributed by atoms with Crippen molar-refractivity contribution in [3.63, 3.8) is 0 Å². The molecule has 140 valence electrons. The molecule has 3 rings (SSSR count). The molecule has 0 aliphatic carbocycles. The smallest absolute Gasteiger partial charge is 0.330 e. The van der Waals surface area contributed by atoms with E-state index in [0.29, 0.717) is 17.7 Å². The summed E-state index contributed by atoms with van der Waals surface area (Å²) in [6, 6.07) is 12.2. The third-order valence-corrected chi connectivity index (χ3v) is 5.13. The van der Waals surface area contributed by atoms with Crippen LogP contribution >= 0.6 is 0 Å². The molecule has 0 fully saturated rings. The first-order valence-corrected chi connectivity index (χ1v) is 9.10. The van der Waals surface area contributed by atoms with E-state index in [4.69, 9.17) is 5.26 Å². The fourth-order valence-electron chi connectivity index (χ4n) is 2.75. The lowest BCUT2D eigenvalue weighted by Gasteiger charge is -2.16. The van der Waals surface area contributed by atoms with Crippen LogP contribution in [0.3, 0.4) is 0 Å². The zero-order valence-corrected chi connectivity index (χ0v) is 14.4. The van der Waals surface area contributed by atoms with Crippen molar-refractivity contribution in [3.8, 4) is 6.07 Å². The Bertz CT molecular complexity index is 1040. The van der Waals surface area contributed by atoms with Crippen LogP contribution in [0.25, 0.3) is 0 Å². The van der Waals surface area contributed by atoms with Gasteiger partial charge in [0.25, 0.3) is 5.91 Å². The van der Waals surface area contributed by atoms with E-state index in [2.05, 4.69) is 0 Å². The predicted molar refractivity (Wildman–Crippen MR) is 89.8 cm³/mol. The van der Waals surface area contributed by atoms with Gasteiger partial charge in [-0.2, -0.15) is 26.9 Å². The lowest BCUT2D eigenvalue weighted by atomic mass is 10.0. The predicted octanol–water partition coefficient (Wildman–Crippen LogP) is 2.98. The van der Waals surface area contributed by atoms with E-state index >= 15 is 0 Å². The maximum absolute atomic E-state index is 12.5. The number of carbonyl (C=O) groups excluding carboxylic acids is 1. The van der Waals surface area contributed by atoms with Gasteiger partial charge in [0.15, 0.2) is 0 Å². The zero-order chi connectivity index (χ0) is 19.8. The second kappa shape index (κ2) is 6.59. The van der Waals surface area contributed by atoms with Crippen molar-refractivity contribution in [2.75, 3.05) is 4.72 Å². The van der Waals surface area contributed by atoms with E-state index in [0.717, 1.165) is 5.56 Å².